The molecule has 102 valence electrons. The highest BCUT2D eigenvalue weighted by Gasteiger charge is 2.11. The second-order valence-electron chi connectivity index (χ2n) is 4.55. The molecule has 0 saturated heterocycles. The summed E-state index contributed by atoms with van der Waals surface area (Å²) in [5.74, 6) is 1.17. The third kappa shape index (κ3) is 3.19. The number of hydrogen-bond donors (Lipinski definition) is 1. The number of ether oxygens (including phenoxy) is 1. The van der Waals surface area contributed by atoms with E-state index >= 15 is 0 Å². The lowest BCUT2D eigenvalue weighted by Crippen LogP contribution is -1.97. The van der Waals surface area contributed by atoms with Crippen LogP contribution in [0, 0.1) is 18.3 Å². The van der Waals surface area contributed by atoms with Crippen LogP contribution in [0.4, 0.5) is 0 Å². The predicted octanol–water partition coefficient (Wildman–Crippen LogP) is 4.47. The van der Waals surface area contributed by atoms with Crippen molar-refractivity contribution in [3.05, 3.63) is 57.6 Å². The summed E-state index contributed by atoms with van der Waals surface area (Å²) in [5, 5.41) is 18.7. The molecule has 4 heteroatoms. The van der Waals surface area contributed by atoms with Gasteiger partial charge in [0.1, 0.15) is 11.5 Å². The van der Waals surface area contributed by atoms with Crippen LogP contribution < -0.4 is 4.74 Å². The maximum Gasteiger partial charge on any atom is 0.134 e. The molecule has 2 aromatic carbocycles. The Kier molecular flexibility index (Phi) is 4.43. The molecular formula is C16H14BrNO2. The molecule has 0 aromatic heterocycles. The van der Waals surface area contributed by atoms with E-state index in [0.29, 0.717) is 22.6 Å². The molecule has 1 N–H and O–H groups in total. The molecule has 0 heterocycles. The molecule has 2 aromatic rings. The van der Waals surface area contributed by atoms with E-state index in [9.17, 15) is 5.11 Å². The Morgan fingerprint density at radius 2 is 2.00 bits per heavy atom. The molecule has 0 unspecified atom stereocenters. The third-order valence-corrected chi connectivity index (χ3v) is 3.84. The van der Waals surface area contributed by atoms with Crippen molar-refractivity contribution in [2.45, 2.75) is 20.0 Å². The number of hydrogen-bond acceptors (Lipinski definition) is 3. The normalized spacial score (nSPS) is 11.8. The largest absolute Gasteiger partial charge is 0.457 e. The van der Waals surface area contributed by atoms with Crippen molar-refractivity contribution in [3.63, 3.8) is 0 Å². The van der Waals surface area contributed by atoms with Crippen molar-refractivity contribution in [2.24, 2.45) is 0 Å². The van der Waals surface area contributed by atoms with Crippen molar-refractivity contribution in [1.82, 2.24) is 0 Å². The topological polar surface area (TPSA) is 53.2 Å². The second kappa shape index (κ2) is 6.08. The zero-order valence-electron chi connectivity index (χ0n) is 11.2. The molecule has 0 saturated carbocycles. The Morgan fingerprint density at radius 1 is 1.25 bits per heavy atom. The number of aliphatic hydroxyl groups is 1. The molecule has 0 aliphatic heterocycles. The van der Waals surface area contributed by atoms with Gasteiger partial charge in [-0.2, -0.15) is 5.26 Å². The summed E-state index contributed by atoms with van der Waals surface area (Å²) in [4.78, 5) is 0. The smallest absolute Gasteiger partial charge is 0.134 e. The van der Waals surface area contributed by atoms with Crippen molar-refractivity contribution in [3.8, 4) is 17.6 Å². The number of aryl methyl sites for hydroxylation is 1. The van der Waals surface area contributed by atoms with Crippen LogP contribution in [-0.2, 0) is 0 Å². The van der Waals surface area contributed by atoms with Gasteiger partial charge in [0.2, 0.25) is 0 Å². The van der Waals surface area contributed by atoms with Crippen LogP contribution in [0.15, 0.2) is 40.9 Å². The molecule has 1 atom stereocenters. The molecule has 0 aliphatic carbocycles. The van der Waals surface area contributed by atoms with Crippen LogP contribution in [0.3, 0.4) is 0 Å². The summed E-state index contributed by atoms with van der Waals surface area (Å²) in [5.41, 5.74) is 2.21. The summed E-state index contributed by atoms with van der Waals surface area (Å²) in [6.45, 7) is 3.64. The summed E-state index contributed by atoms with van der Waals surface area (Å²) in [7, 11) is 0. The fourth-order valence-corrected chi connectivity index (χ4v) is 2.09. The minimum absolute atomic E-state index is 0.498. The average molecular weight is 332 g/mol. The molecule has 0 bridgehead atoms. The molecule has 3 nitrogen and oxygen atoms in total. The number of aliphatic hydroxyl groups excluding tert-OH is 1. The Hall–Kier alpha value is -1.83. The molecule has 2 rings (SSSR count). The van der Waals surface area contributed by atoms with Gasteiger partial charge >= 0.3 is 0 Å². The van der Waals surface area contributed by atoms with E-state index in [0.717, 1.165) is 10.0 Å². The van der Waals surface area contributed by atoms with Gasteiger partial charge in [0.25, 0.3) is 0 Å². The quantitative estimate of drug-likeness (QED) is 0.902. The summed E-state index contributed by atoms with van der Waals surface area (Å²) in [6.07, 6.45) is -0.658. The lowest BCUT2D eigenvalue weighted by Gasteiger charge is -2.14. The van der Waals surface area contributed by atoms with E-state index in [-0.39, 0.29) is 0 Å². The van der Waals surface area contributed by atoms with Gasteiger partial charge < -0.3 is 9.84 Å². The number of nitriles is 1. The lowest BCUT2D eigenvalue weighted by molar-refractivity contribution is 0.195. The first-order chi connectivity index (χ1) is 9.51. The summed E-state index contributed by atoms with van der Waals surface area (Å²) >= 11 is 3.44. The standard InChI is InChI=1S/C16H14BrNO2/c1-10-7-13(4-6-15(10)17)20-16-8-12(9-18)3-5-14(16)11(2)19/h3-8,11,19H,1-2H3/t11-/m1/s1. The van der Waals surface area contributed by atoms with Crippen LogP contribution in [0.1, 0.15) is 29.7 Å². The molecule has 20 heavy (non-hydrogen) atoms. The maximum absolute atomic E-state index is 9.77. The Morgan fingerprint density at radius 3 is 2.60 bits per heavy atom. The van der Waals surface area contributed by atoms with Crippen molar-refractivity contribution in [1.29, 1.82) is 5.26 Å². The Labute approximate surface area is 126 Å². The van der Waals surface area contributed by atoms with Gasteiger partial charge in [-0.15, -0.1) is 0 Å². The van der Waals surface area contributed by atoms with E-state index in [2.05, 4.69) is 22.0 Å². The van der Waals surface area contributed by atoms with Gasteiger partial charge in [-0.1, -0.05) is 22.0 Å². The third-order valence-electron chi connectivity index (χ3n) is 2.95. The Balaban J connectivity index is 2.40. The van der Waals surface area contributed by atoms with E-state index in [4.69, 9.17) is 10.00 Å². The molecule has 0 amide bonds. The molecule has 0 spiro atoms. The first kappa shape index (κ1) is 14.6. The van der Waals surface area contributed by atoms with Gasteiger partial charge in [0.05, 0.1) is 17.7 Å². The summed E-state index contributed by atoms with van der Waals surface area (Å²) in [6, 6.07) is 12.7. The maximum atomic E-state index is 9.77. The second-order valence-corrected chi connectivity index (χ2v) is 5.41. The number of halogens is 1. The van der Waals surface area contributed by atoms with E-state index in [1.54, 1.807) is 25.1 Å². The van der Waals surface area contributed by atoms with Gasteiger partial charge in [-0.25, -0.2) is 0 Å². The fourth-order valence-electron chi connectivity index (χ4n) is 1.85. The number of nitrogens with zero attached hydrogens (tertiary/aromatic N) is 1. The fraction of sp³-hybridized carbons (Fsp3) is 0.188. The monoisotopic (exact) mass is 331 g/mol. The van der Waals surface area contributed by atoms with Crippen molar-refractivity contribution < 1.29 is 9.84 Å². The van der Waals surface area contributed by atoms with Gasteiger partial charge in [0.15, 0.2) is 0 Å². The van der Waals surface area contributed by atoms with Crippen LogP contribution in [0.2, 0.25) is 0 Å². The van der Waals surface area contributed by atoms with Crippen LogP contribution in [-0.4, -0.2) is 5.11 Å². The van der Waals surface area contributed by atoms with Crippen LogP contribution in [0.5, 0.6) is 11.5 Å². The van der Waals surface area contributed by atoms with Crippen LogP contribution >= 0.6 is 15.9 Å². The molecular weight excluding hydrogens is 318 g/mol. The first-order valence-corrected chi connectivity index (χ1v) is 6.96. The van der Waals surface area contributed by atoms with Gasteiger partial charge in [0, 0.05) is 10.0 Å². The molecule has 0 aliphatic rings. The minimum atomic E-state index is -0.658. The molecule has 0 fully saturated rings. The van der Waals surface area contributed by atoms with E-state index < -0.39 is 6.10 Å². The minimum Gasteiger partial charge on any atom is -0.457 e. The Bertz CT molecular complexity index is 675. The molecule has 0 radical (unpaired) electrons. The van der Waals surface area contributed by atoms with Gasteiger partial charge in [-0.05, 0) is 49.7 Å². The predicted molar refractivity (Wildman–Crippen MR) is 80.7 cm³/mol. The highest BCUT2D eigenvalue weighted by atomic mass is 79.9. The zero-order valence-corrected chi connectivity index (χ0v) is 12.8. The summed E-state index contributed by atoms with van der Waals surface area (Å²) < 4.78 is 6.82. The van der Waals surface area contributed by atoms with Crippen molar-refractivity contribution in [2.75, 3.05) is 0 Å². The zero-order chi connectivity index (χ0) is 14.7. The highest BCUT2D eigenvalue weighted by Crippen LogP contribution is 2.32. The average Bonchev–Trinajstić information content (AvgIpc) is 2.42. The first-order valence-electron chi connectivity index (χ1n) is 6.17. The SMILES string of the molecule is Cc1cc(Oc2cc(C#N)ccc2[C@@H](C)O)ccc1Br. The highest BCUT2D eigenvalue weighted by molar-refractivity contribution is 9.10. The number of rotatable bonds is 3. The van der Waals surface area contributed by atoms with Crippen LogP contribution in [0.25, 0.3) is 0 Å². The van der Waals surface area contributed by atoms with E-state index in [1.807, 2.05) is 25.1 Å². The number of benzene rings is 2. The lowest BCUT2D eigenvalue weighted by atomic mass is 10.1. The van der Waals surface area contributed by atoms with E-state index in [1.165, 1.54) is 0 Å². The van der Waals surface area contributed by atoms with Gasteiger partial charge in [-0.3, -0.25) is 0 Å². The van der Waals surface area contributed by atoms with Crippen molar-refractivity contribution >= 4 is 15.9 Å².